The molecule has 3 heteroatoms. The molecule has 0 heterocycles. The molecule has 3 nitrogen and oxygen atoms in total. The average Bonchev–Trinajstić information content (AvgIpc) is 2.27. The number of hydrogen-bond acceptors (Lipinski definition) is 3. The van der Waals surface area contributed by atoms with Crippen molar-refractivity contribution in [1.82, 2.24) is 4.90 Å². The fourth-order valence-corrected chi connectivity index (χ4v) is 1.12. The third-order valence-electron chi connectivity index (χ3n) is 1.99. The predicted molar refractivity (Wildman–Crippen MR) is 64.4 cm³/mol. The lowest BCUT2D eigenvalue weighted by molar-refractivity contribution is -0.120. The van der Waals surface area contributed by atoms with Crippen LogP contribution < -0.4 is 4.74 Å². The van der Waals surface area contributed by atoms with E-state index in [1.54, 1.807) is 13.1 Å². The predicted octanol–water partition coefficient (Wildman–Crippen LogP) is 2.10. The second-order valence-corrected chi connectivity index (χ2v) is 3.75. The van der Waals surface area contributed by atoms with Crippen molar-refractivity contribution in [3.05, 3.63) is 42.6 Å². The summed E-state index contributed by atoms with van der Waals surface area (Å²) in [7, 11) is 3.74. The van der Waals surface area contributed by atoms with Gasteiger partial charge in [0.2, 0.25) is 0 Å². The Hall–Kier alpha value is -1.77. The van der Waals surface area contributed by atoms with Crippen LogP contribution in [0.5, 0.6) is 5.75 Å². The van der Waals surface area contributed by atoms with Gasteiger partial charge in [0.15, 0.2) is 11.9 Å². The number of hydrogen-bond donors (Lipinski definition) is 0. The normalized spacial score (nSPS) is 12.4. The molecule has 1 atom stereocenters. The molecule has 0 radical (unpaired) electrons. The molecule has 0 bridgehead atoms. The second-order valence-electron chi connectivity index (χ2n) is 3.75. The summed E-state index contributed by atoms with van der Waals surface area (Å²) in [5, 5.41) is 0. The molecule has 1 aromatic rings. The molecule has 0 aromatic heterocycles. The van der Waals surface area contributed by atoms with Crippen molar-refractivity contribution in [2.75, 3.05) is 14.1 Å². The molecule has 0 aliphatic carbocycles. The molecular formula is C13H17NO2. The first kappa shape index (κ1) is 12.3. The maximum Gasteiger partial charge on any atom is 0.197 e. The maximum atomic E-state index is 11.6. The number of para-hydroxylation sites is 1. The third kappa shape index (κ3) is 4.17. The molecule has 0 saturated carbocycles. The minimum Gasteiger partial charge on any atom is -0.483 e. The Morgan fingerprint density at radius 1 is 1.31 bits per heavy atom. The van der Waals surface area contributed by atoms with Crippen LogP contribution in [0.15, 0.2) is 42.6 Å². The van der Waals surface area contributed by atoms with Crippen molar-refractivity contribution in [2.24, 2.45) is 0 Å². The number of rotatable bonds is 5. The van der Waals surface area contributed by atoms with E-state index in [2.05, 4.69) is 0 Å². The van der Waals surface area contributed by atoms with E-state index in [1.807, 2.05) is 49.3 Å². The molecule has 0 amide bonds. The van der Waals surface area contributed by atoms with Crippen LogP contribution in [0, 0.1) is 0 Å². The highest BCUT2D eigenvalue weighted by molar-refractivity contribution is 5.93. The van der Waals surface area contributed by atoms with Gasteiger partial charge in [-0.05, 0) is 19.1 Å². The summed E-state index contributed by atoms with van der Waals surface area (Å²) in [6.07, 6.45) is 2.78. The van der Waals surface area contributed by atoms with E-state index in [1.165, 1.54) is 6.08 Å². The molecule has 0 spiro atoms. The average molecular weight is 219 g/mol. The van der Waals surface area contributed by atoms with E-state index in [-0.39, 0.29) is 5.78 Å². The van der Waals surface area contributed by atoms with Crippen molar-refractivity contribution in [3.8, 4) is 5.75 Å². The largest absolute Gasteiger partial charge is 0.483 e. The first-order chi connectivity index (χ1) is 7.59. The molecule has 0 N–H and O–H groups in total. The van der Waals surface area contributed by atoms with Gasteiger partial charge in [-0.15, -0.1) is 0 Å². The van der Waals surface area contributed by atoms with Gasteiger partial charge in [-0.1, -0.05) is 18.2 Å². The molecule has 0 fully saturated rings. The summed E-state index contributed by atoms with van der Waals surface area (Å²) in [5.74, 6) is 0.666. The minimum atomic E-state index is -0.460. The first-order valence-electron chi connectivity index (χ1n) is 5.20. The van der Waals surface area contributed by atoms with Crippen LogP contribution in [-0.2, 0) is 4.79 Å². The van der Waals surface area contributed by atoms with Crippen molar-refractivity contribution in [2.45, 2.75) is 13.0 Å². The molecular weight excluding hydrogens is 202 g/mol. The van der Waals surface area contributed by atoms with Gasteiger partial charge >= 0.3 is 0 Å². The quantitative estimate of drug-likeness (QED) is 0.710. The minimum absolute atomic E-state index is 0.0439. The molecule has 16 heavy (non-hydrogen) atoms. The lowest BCUT2D eigenvalue weighted by atomic mass is 10.2. The number of benzene rings is 1. The zero-order valence-corrected chi connectivity index (χ0v) is 9.88. The van der Waals surface area contributed by atoms with E-state index in [9.17, 15) is 4.79 Å². The number of nitrogens with zero attached hydrogens (tertiary/aromatic N) is 1. The molecule has 86 valence electrons. The summed E-state index contributed by atoms with van der Waals surface area (Å²) in [6, 6.07) is 9.33. The summed E-state index contributed by atoms with van der Waals surface area (Å²) in [5.41, 5.74) is 0. The molecule has 0 saturated heterocycles. The summed E-state index contributed by atoms with van der Waals surface area (Å²) in [6.45, 7) is 1.75. The summed E-state index contributed by atoms with van der Waals surface area (Å²) < 4.78 is 5.49. The lowest BCUT2D eigenvalue weighted by Crippen LogP contribution is -2.22. The van der Waals surface area contributed by atoms with Crippen LogP contribution in [0.3, 0.4) is 0 Å². The van der Waals surface area contributed by atoms with E-state index >= 15 is 0 Å². The van der Waals surface area contributed by atoms with E-state index in [4.69, 9.17) is 4.74 Å². The fourth-order valence-electron chi connectivity index (χ4n) is 1.12. The van der Waals surface area contributed by atoms with Crippen molar-refractivity contribution < 1.29 is 9.53 Å². The van der Waals surface area contributed by atoms with Gasteiger partial charge in [-0.25, -0.2) is 0 Å². The number of carbonyl (C=O) groups is 1. The van der Waals surface area contributed by atoms with E-state index in [0.29, 0.717) is 5.75 Å². The monoisotopic (exact) mass is 219 g/mol. The van der Waals surface area contributed by atoms with Crippen LogP contribution in [0.1, 0.15) is 6.92 Å². The fraction of sp³-hybridized carbons (Fsp3) is 0.308. The Bertz CT molecular complexity index is 357. The molecule has 1 rings (SSSR count). The summed E-state index contributed by atoms with van der Waals surface area (Å²) >= 11 is 0. The van der Waals surface area contributed by atoms with Gasteiger partial charge in [-0.3, -0.25) is 4.79 Å². The van der Waals surface area contributed by atoms with Gasteiger partial charge in [-0.2, -0.15) is 0 Å². The van der Waals surface area contributed by atoms with E-state index < -0.39 is 6.10 Å². The van der Waals surface area contributed by atoms with Gasteiger partial charge in [0.25, 0.3) is 0 Å². The molecule has 1 aromatic carbocycles. The Kier molecular flexibility index (Phi) is 4.58. The Morgan fingerprint density at radius 2 is 1.94 bits per heavy atom. The topological polar surface area (TPSA) is 29.5 Å². The molecule has 0 aliphatic rings. The Balaban J connectivity index is 2.53. The lowest BCUT2D eigenvalue weighted by Gasteiger charge is -2.12. The number of ketones is 1. The highest BCUT2D eigenvalue weighted by Gasteiger charge is 2.10. The Labute approximate surface area is 96.3 Å². The molecule has 0 unspecified atom stereocenters. The van der Waals surface area contributed by atoms with Crippen molar-refractivity contribution in [3.63, 3.8) is 0 Å². The van der Waals surface area contributed by atoms with Gasteiger partial charge in [0, 0.05) is 26.4 Å². The Morgan fingerprint density at radius 3 is 2.50 bits per heavy atom. The van der Waals surface area contributed by atoms with E-state index in [0.717, 1.165) is 0 Å². The number of carbonyl (C=O) groups excluding carboxylic acids is 1. The van der Waals surface area contributed by atoms with Crippen LogP contribution in [0.4, 0.5) is 0 Å². The SMILES string of the molecule is C[C@H](Oc1ccccc1)C(=O)/C=C/N(C)C. The first-order valence-corrected chi connectivity index (χ1v) is 5.20. The van der Waals surface area contributed by atoms with Crippen LogP contribution in [0.25, 0.3) is 0 Å². The van der Waals surface area contributed by atoms with Gasteiger partial charge < -0.3 is 9.64 Å². The van der Waals surface area contributed by atoms with Crippen LogP contribution in [0.2, 0.25) is 0 Å². The highest BCUT2D eigenvalue weighted by atomic mass is 16.5. The smallest absolute Gasteiger partial charge is 0.197 e. The molecule has 0 aliphatic heterocycles. The van der Waals surface area contributed by atoms with Crippen molar-refractivity contribution >= 4 is 5.78 Å². The second kappa shape index (κ2) is 5.95. The zero-order valence-electron chi connectivity index (χ0n) is 9.88. The number of ether oxygens (including phenoxy) is 1. The van der Waals surface area contributed by atoms with Crippen LogP contribution in [-0.4, -0.2) is 30.9 Å². The third-order valence-corrected chi connectivity index (χ3v) is 1.99. The van der Waals surface area contributed by atoms with Crippen molar-refractivity contribution in [1.29, 1.82) is 0 Å². The zero-order chi connectivity index (χ0) is 12.0. The van der Waals surface area contributed by atoms with Crippen LogP contribution >= 0.6 is 0 Å². The maximum absolute atomic E-state index is 11.6. The highest BCUT2D eigenvalue weighted by Crippen LogP contribution is 2.11. The summed E-state index contributed by atoms with van der Waals surface area (Å²) in [4.78, 5) is 13.4. The standard InChI is InChI=1S/C13H17NO2/c1-11(13(15)9-10-14(2)3)16-12-7-5-4-6-8-12/h4-11H,1-3H3/b10-9+/t11-/m0/s1. The van der Waals surface area contributed by atoms with Gasteiger partial charge in [0.1, 0.15) is 5.75 Å². The van der Waals surface area contributed by atoms with Gasteiger partial charge in [0.05, 0.1) is 0 Å².